The molecule has 4 aromatic rings. The molecule has 1 amide bonds. The van der Waals surface area contributed by atoms with Gasteiger partial charge >= 0.3 is 6.30 Å². The molecule has 4 N–H and O–H groups in total. The molecule has 0 atom stereocenters. The molecule has 162 valence electrons. The van der Waals surface area contributed by atoms with Crippen molar-refractivity contribution in [1.82, 2.24) is 20.2 Å². The molecule has 0 unspecified atom stereocenters. The van der Waals surface area contributed by atoms with Gasteiger partial charge in [-0.05, 0) is 23.8 Å². The summed E-state index contributed by atoms with van der Waals surface area (Å²) in [5.74, 6) is -1.21. The Hall–Kier alpha value is -4.41. The van der Waals surface area contributed by atoms with Crippen LogP contribution >= 0.6 is 0 Å². The molecule has 0 saturated heterocycles. The van der Waals surface area contributed by atoms with Crippen molar-refractivity contribution in [2.24, 2.45) is 5.73 Å². The van der Waals surface area contributed by atoms with Gasteiger partial charge in [-0.15, -0.1) is 13.2 Å². The number of halogens is 3. The van der Waals surface area contributed by atoms with Crippen molar-refractivity contribution in [2.75, 3.05) is 10.2 Å². The smallest absolute Gasteiger partial charge is 0.366 e. The van der Waals surface area contributed by atoms with Gasteiger partial charge in [0.25, 0.3) is 5.91 Å². The summed E-state index contributed by atoms with van der Waals surface area (Å²) in [6.45, 7) is 0. The summed E-state index contributed by atoms with van der Waals surface area (Å²) in [5, 5.41) is 9.59. The zero-order valence-corrected chi connectivity index (χ0v) is 16.3. The lowest BCUT2D eigenvalue weighted by Gasteiger charge is -2.27. The maximum Gasteiger partial charge on any atom is 0.491 e. The highest BCUT2D eigenvalue weighted by molar-refractivity contribution is 6.03. The number of benzene rings is 2. The third-order valence-electron chi connectivity index (χ3n) is 4.50. The van der Waals surface area contributed by atoms with Crippen LogP contribution in [0, 0.1) is 0 Å². The predicted octanol–water partition coefficient (Wildman–Crippen LogP) is 4.37. The van der Waals surface area contributed by atoms with E-state index in [1.54, 1.807) is 36.4 Å². The number of primary amides is 1. The van der Waals surface area contributed by atoms with Crippen LogP contribution in [0.25, 0.3) is 11.1 Å². The molecule has 11 heteroatoms. The highest BCUT2D eigenvalue weighted by Crippen LogP contribution is 2.42. The summed E-state index contributed by atoms with van der Waals surface area (Å²) < 4.78 is 42.4. The monoisotopic (exact) mass is 439 g/mol. The van der Waals surface area contributed by atoms with E-state index in [1.165, 1.54) is 36.8 Å². The molecular formula is C21H16F3N7O. The number of H-pyrrole nitrogens is 1. The molecule has 32 heavy (non-hydrogen) atoms. The zero-order chi connectivity index (χ0) is 22.7. The number of carbonyl (C=O) groups excluding carboxylic acids is 1. The number of hydrogen-bond donors (Lipinski definition) is 3. The molecule has 0 bridgehead atoms. The van der Waals surface area contributed by atoms with Crippen LogP contribution in [0.2, 0.25) is 0 Å². The van der Waals surface area contributed by atoms with E-state index in [9.17, 15) is 18.0 Å². The fourth-order valence-electron chi connectivity index (χ4n) is 3.17. The number of amides is 1. The van der Waals surface area contributed by atoms with E-state index < -0.39 is 23.8 Å². The summed E-state index contributed by atoms with van der Waals surface area (Å²) in [4.78, 5) is 19.6. The Morgan fingerprint density at radius 1 is 1.00 bits per heavy atom. The van der Waals surface area contributed by atoms with Crippen LogP contribution in [0.15, 0.2) is 73.2 Å². The molecule has 4 rings (SSSR count). The van der Waals surface area contributed by atoms with Crippen molar-refractivity contribution in [3.8, 4) is 11.1 Å². The molecule has 0 aliphatic heterocycles. The largest absolute Gasteiger partial charge is 0.491 e. The van der Waals surface area contributed by atoms with Crippen molar-refractivity contribution in [3.05, 3.63) is 78.8 Å². The number of anilines is 4. The second-order valence-corrected chi connectivity index (χ2v) is 6.59. The quantitative estimate of drug-likeness (QED) is 0.385. The number of alkyl halides is 3. The van der Waals surface area contributed by atoms with Crippen LogP contribution in [0.3, 0.4) is 0 Å². The number of nitrogens with one attached hydrogen (secondary N) is 2. The Balaban J connectivity index is 1.98. The van der Waals surface area contributed by atoms with E-state index in [-0.39, 0.29) is 10.5 Å². The molecule has 0 aliphatic carbocycles. The van der Waals surface area contributed by atoms with Crippen molar-refractivity contribution >= 4 is 29.0 Å². The number of aromatic amines is 1. The van der Waals surface area contributed by atoms with Crippen LogP contribution in [-0.4, -0.2) is 32.4 Å². The first kappa shape index (κ1) is 20.8. The molecule has 0 fully saturated rings. The molecule has 2 aromatic heterocycles. The highest BCUT2D eigenvalue weighted by atomic mass is 19.4. The van der Waals surface area contributed by atoms with Crippen molar-refractivity contribution in [1.29, 1.82) is 0 Å². The zero-order valence-electron chi connectivity index (χ0n) is 16.3. The molecule has 0 aliphatic rings. The average Bonchev–Trinajstić information content (AvgIpc) is 3.28. The summed E-state index contributed by atoms with van der Waals surface area (Å²) in [7, 11) is 0. The van der Waals surface area contributed by atoms with Crippen LogP contribution in [-0.2, 0) is 0 Å². The standard InChI is InChI=1S/C21H16F3N7O/c22-21(23,24)31(20-26-8-4-9-27-20)17-12-14(13-5-2-1-3-6-13)16(11-15(17)19(25)32)29-18-7-10-28-30-18/h1-12H,(H2,25,32)(H2,28,29,30). The fraction of sp³-hybridized carbons (Fsp3) is 0.0476. The van der Waals surface area contributed by atoms with E-state index >= 15 is 0 Å². The summed E-state index contributed by atoms with van der Waals surface area (Å²) in [6.07, 6.45) is -1.07. The Kier molecular flexibility index (Phi) is 5.46. The van der Waals surface area contributed by atoms with Gasteiger partial charge in [-0.3, -0.25) is 9.89 Å². The van der Waals surface area contributed by atoms with E-state index in [0.717, 1.165) is 0 Å². The van der Waals surface area contributed by atoms with Gasteiger partial charge in [-0.2, -0.15) is 5.10 Å². The lowest BCUT2D eigenvalue weighted by Crippen LogP contribution is -2.36. The molecule has 0 saturated carbocycles. The van der Waals surface area contributed by atoms with E-state index in [4.69, 9.17) is 5.73 Å². The molecule has 8 nitrogen and oxygen atoms in total. The van der Waals surface area contributed by atoms with Gasteiger partial charge < -0.3 is 11.1 Å². The normalized spacial score (nSPS) is 11.2. The number of rotatable bonds is 6. The molecule has 0 spiro atoms. The third kappa shape index (κ3) is 4.21. The van der Waals surface area contributed by atoms with Crippen LogP contribution in [0.1, 0.15) is 10.4 Å². The highest BCUT2D eigenvalue weighted by Gasteiger charge is 2.42. The number of nitrogens with two attached hydrogens (primary N) is 1. The number of aromatic nitrogens is 4. The summed E-state index contributed by atoms with van der Waals surface area (Å²) in [5.41, 5.74) is 5.99. The minimum absolute atomic E-state index is 0.0699. The number of nitrogens with zero attached hydrogens (tertiary/aromatic N) is 4. The number of hydrogen-bond acceptors (Lipinski definition) is 6. The van der Waals surface area contributed by atoms with Crippen LogP contribution in [0.4, 0.5) is 36.3 Å². The average molecular weight is 439 g/mol. The fourth-order valence-corrected chi connectivity index (χ4v) is 3.17. The molecule has 0 radical (unpaired) electrons. The van der Waals surface area contributed by atoms with Gasteiger partial charge in [0.05, 0.1) is 17.4 Å². The van der Waals surface area contributed by atoms with E-state index in [0.29, 0.717) is 22.6 Å². The topological polar surface area (TPSA) is 113 Å². The second-order valence-electron chi connectivity index (χ2n) is 6.59. The Morgan fingerprint density at radius 3 is 2.31 bits per heavy atom. The molecular weight excluding hydrogens is 423 g/mol. The van der Waals surface area contributed by atoms with Crippen molar-refractivity contribution in [3.63, 3.8) is 0 Å². The summed E-state index contributed by atoms with van der Waals surface area (Å²) >= 11 is 0. The van der Waals surface area contributed by atoms with Gasteiger partial charge in [0.2, 0.25) is 5.95 Å². The minimum atomic E-state index is -4.93. The molecule has 2 heterocycles. The van der Waals surface area contributed by atoms with Crippen LogP contribution < -0.4 is 16.0 Å². The van der Waals surface area contributed by atoms with E-state index in [1.807, 2.05) is 0 Å². The van der Waals surface area contributed by atoms with Gasteiger partial charge in [0.15, 0.2) is 0 Å². The SMILES string of the molecule is NC(=O)c1cc(Nc2ccn[nH]2)c(-c2ccccc2)cc1N(c1ncccn1)C(F)(F)F. The lowest BCUT2D eigenvalue weighted by molar-refractivity contribution is -0.121. The summed E-state index contributed by atoms with van der Waals surface area (Å²) in [6, 6.07) is 14.3. The van der Waals surface area contributed by atoms with Gasteiger partial charge in [0, 0.05) is 29.7 Å². The molecule has 2 aromatic carbocycles. The first-order chi connectivity index (χ1) is 15.3. The Bertz CT molecular complexity index is 1210. The van der Waals surface area contributed by atoms with Crippen molar-refractivity contribution < 1.29 is 18.0 Å². The maximum atomic E-state index is 14.1. The number of carbonyl (C=O) groups is 1. The first-order valence-electron chi connectivity index (χ1n) is 9.28. The maximum absolute atomic E-state index is 14.1. The second kappa shape index (κ2) is 8.38. The van der Waals surface area contributed by atoms with E-state index in [2.05, 4.69) is 25.5 Å². The Morgan fingerprint density at radius 2 is 1.72 bits per heavy atom. The van der Waals surface area contributed by atoms with Gasteiger partial charge in [0.1, 0.15) is 5.82 Å². The predicted molar refractivity (Wildman–Crippen MR) is 112 cm³/mol. The van der Waals surface area contributed by atoms with Gasteiger partial charge in [-0.1, -0.05) is 30.3 Å². The first-order valence-corrected chi connectivity index (χ1v) is 9.28. The van der Waals surface area contributed by atoms with Crippen LogP contribution in [0.5, 0.6) is 0 Å². The Labute approximate surface area is 179 Å². The minimum Gasteiger partial charge on any atom is -0.366 e. The lowest BCUT2D eigenvalue weighted by atomic mass is 9.98. The van der Waals surface area contributed by atoms with Gasteiger partial charge in [-0.25, -0.2) is 14.9 Å². The van der Waals surface area contributed by atoms with Crippen molar-refractivity contribution in [2.45, 2.75) is 6.30 Å². The third-order valence-corrected chi connectivity index (χ3v) is 4.50.